The lowest BCUT2D eigenvalue weighted by Crippen LogP contribution is -2.46. The minimum Gasteiger partial charge on any atom is -0.443 e. The fourth-order valence-electron chi connectivity index (χ4n) is 2.97. The van der Waals surface area contributed by atoms with Gasteiger partial charge in [-0.25, -0.2) is 4.98 Å². The molecule has 0 aliphatic carbocycles. The quantitative estimate of drug-likeness (QED) is 0.386. The highest BCUT2D eigenvalue weighted by atomic mass is 127. The van der Waals surface area contributed by atoms with E-state index in [2.05, 4.69) is 53.2 Å². The molecule has 2 rings (SSSR count). The molecule has 0 amide bonds. The summed E-state index contributed by atoms with van der Waals surface area (Å²) in [6, 6.07) is 0.570. The highest BCUT2D eigenvalue weighted by Crippen LogP contribution is 2.22. The van der Waals surface area contributed by atoms with Crippen molar-refractivity contribution in [3.05, 3.63) is 17.8 Å². The lowest BCUT2D eigenvalue weighted by atomic mass is 9.94. The van der Waals surface area contributed by atoms with E-state index >= 15 is 0 Å². The van der Waals surface area contributed by atoms with Gasteiger partial charge in [-0.15, -0.1) is 24.0 Å². The zero-order chi connectivity index (χ0) is 17.6. The van der Waals surface area contributed by atoms with Gasteiger partial charge in [-0.1, -0.05) is 27.7 Å². The number of hydrogen-bond acceptors (Lipinski definition) is 4. The van der Waals surface area contributed by atoms with Crippen LogP contribution in [0.4, 0.5) is 0 Å². The van der Waals surface area contributed by atoms with E-state index in [0.29, 0.717) is 18.5 Å². The van der Waals surface area contributed by atoms with Gasteiger partial charge in [0.25, 0.3) is 0 Å². The van der Waals surface area contributed by atoms with Crippen LogP contribution in [-0.2, 0) is 12.0 Å². The van der Waals surface area contributed by atoms with Gasteiger partial charge >= 0.3 is 0 Å². The molecule has 0 aromatic carbocycles. The van der Waals surface area contributed by atoms with Crippen LogP contribution in [0.1, 0.15) is 58.6 Å². The molecule has 2 N–H and O–H groups in total. The Kier molecular flexibility index (Phi) is 9.20. The molecule has 0 saturated carbocycles. The number of nitrogens with zero attached hydrogens (tertiary/aromatic N) is 3. The van der Waals surface area contributed by atoms with Gasteiger partial charge in [-0.05, 0) is 32.4 Å². The van der Waals surface area contributed by atoms with Gasteiger partial charge in [0.2, 0.25) is 5.89 Å². The molecule has 2 heterocycles. The monoisotopic (exact) mass is 463 g/mol. The highest BCUT2D eigenvalue weighted by Gasteiger charge is 2.21. The first-order valence-corrected chi connectivity index (χ1v) is 9.07. The maximum Gasteiger partial charge on any atom is 0.213 e. The summed E-state index contributed by atoms with van der Waals surface area (Å²) < 4.78 is 5.81. The molecule has 25 heavy (non-hydrogen) atoms. The van der Waals surface area contributed by atoms with Gasteiger partial charge in [-0.3, -0.25) is 9.89 Å². The number of guanidine groups is 1. The van der Waals surface area contributed by atoms with E-state index in [4.69, 9.17) is 4.42 Å². The lowest BCUT2D eigenvalue weighted by Gasteiger charge is -2.27. The number of nitrogens with one attached hydrogen (secondary N) is 2. The maximum atomic E-state index is 5.81. The van der Waals surface area contributed by atoms with Crippen molar-refractivity contribution in [1.82, 2.24) is 20.5 Å². The van der Waals surface area contributed by atoms with E-state index in [1.807, 2.05) is 6.20 Å². The van der Waals surface area contributed by atoms with Crippen LogP contribution >= 0.6 is 24.0 Å². The van der Waals surface area contributed by atoms with Gasteiger partial charge in [-0.2, -0.15) is 0 Å². The summed E-state index contributed by atoms with van der Waals surface area (Å²) in [5.41, 5.74) is -0.0186. The second-order valence-electron chi connectivity index (χ2n) is 7.48. The van der Waals surface area contributed by atoms with Crippen molar-refractivity contribution in [2.75, 3.05) is 26.7 Å². The van der Waals surface area contributed by atoms with Crippen LogP contribution in [-0.4, -0.2) is 48.6 Å². The predicted octanol–water partition coefficient (Wildman–Crippen LogP) is 3.13. The van der Waals surface area contributed by atoms with Crippen LogP contribution in [0.5, 0.6) is 0 Å². The van der Waals surface area contributed by atoms with E-state index < -0.39 is 0 Å². The van der Waals surface area contributed by atoms with Crippen molar-refractivity contribution in [1.29, 1.82) is 0 Å². The smallest absolute Gasteiger partial charge is 0.213 e. The van der Waals surface area contributed by atoms with Crippen molar-refractivity contribution in [3.63, 3.8) is 0 Å². The van der Waals surface area contributed by atoms with Gasteiger partial charge in [0.15, 0.2) is 5.96 Å². The average Bonchev–Trinajstić information content (AvgIpc) is 3.21. The number of hydrogen-bond donors (Lipinski definition) is 2. The topological polar surface area (TPSA) is 65.7 Å². The van der Waals surface area contributed by atoms with Crippen molar-refractivity contribution < 1.29 is 4.42 Å². The molecule has 0 radical (unpaired) electrons. The Bertz CT molecular complexity index is 532. The molecule has 0 bridgehead atoms. The first-order valence-electron chi connectivity index (χ1n) is 9.07. The SMILES string of the molecule is CCC(CNC(=NC)NCc1ncc(C(C)(C)C)o1)N1CCCC1.I. The zero-order valence-electron chi connectivity index (χ0n) is 16.3. The Morgan fingerprint density at radius 3 is 2.52 bits per heavy atom. The van der Waals surface area contributed by atoms with E-state index in [1.165, 1.54) is 25.9 Å². The van der Waals surface area contributed by atoms with Crippen LogP contribution in [0.15, 0.2) is 15.6 Å². The van der Waals surface area contributed by atoms with E-state index in [0.717, 1.165) is 24.7 Å². The second-order valence-corrected chi connectivity index (χ2v) is 7.48. The molecule has 1 aromatic rings. The fourth-order valence-corrected chi connectivity index (χ4v) is 2.97. The molecule has 7 heteroatoms. The van der Waals surface area contributed by atoms with Crippen LogP contribution in [0.2, 0.25) is 0 Å². The number of aromatic nitrogens is 1. The Morgan fingerprint density at radius 2 is 2.00 bits per heavy atom. The predicted molar refractivity (Wildman–Crippen MR) is 114 cm³/mol. The van der Waals surface area contributed by atoms with E-state index in [1.54, 1.807) is 7.05 Å². The third kappa shape index (κ3) is 6.77. The summed E-state index contributed by atoms with van der Waals surface area (Å²) in [5, 5.41) is 6.72. The van der Waals surface area contributed by atoms with Crippen molar-refractivity contribution >= 4 is 29.9 Å². The number of likely N-dealkylation sites (tertiary alicyclic amines) is 1. The molecule has 144 valence electrons. The summed E-state index contributed by atoms with van der Waals surface area (Å²) in [5.74, 6) is 2.39. The van der Waals surface area contributed by atoms with Gasteiger partial charge in [0.1, 0.15) is 5.76 Å². The molecular weight excluding hydrogens is 429 g/mol. The van der Waals surface area contributed by atoms with Crippen LogP contribution in [0.3, 0.4) is 0 Å². The first kappa shape index (κ1) is 22.2. The lowest BCUT2D eigenvalue weighted by molar-refractivity contribution is 0.236. The summed E-state index contributed by atoms with van der Waals surface area (Å²) in [4.78, 5) is 11.2. The van der Waals surface area contributed by atoms with Crippen molar-refractivity contribution in [2.24, 2.45) is 4.99 Å². The van der Waals surface area contributed by atoms with Gasteiger partial charge in [0.05, 0.1) is 12.7 Å². The molecule has 1 fully saturated rings. The van der Waals surface area contributed by atoms with Crippen LogP contribution in [0.25, 0.3) is 0 Å². The normalized spacial score (nSPS) is 17.2. The molecule has 1 atom stereocenters. The molecule has 0 spiro atoms. The molecule has 1 aliphatic rings. The molecular formula is C18H34IN5O. The third-order valence-corrected chi connectivity index (χ3v) is 4.56. The van der Waals surface area contributed by atoms with Gasteiger partial charge in [0, 0.05) is 25.0 Å². The number of aliphatic imine (C=N–C) groups is 1. The maximum absolute atomic E-state index is 5.81. The Labute approximate surface area is 169 Å². The third-order valence-electron chi connectivity index (χ3n) is 4.56. The van der Waals surface area contributed by atoms with Gasteiger partial charge < -0.3 is 15.1 Å². The molecule has 1 unspecified atom stereocenters. The minimum absolute atomic E-state index is 0. The van der Waals surface area contributed by atoms with Crippen molar-refractivity contribution in [2.45, 2.75) is 65.0 Å². The second kappa shape index (κ2) is 10.4. The number of halogens is 1. The summed E-state index contributed by atoms with van der Waals surface area (Å²) >= 11 is 0. The Balaban J connectivity index is 0.00000312. The standard InChI is InChI=1S/C18H33N5O.HI/c1-6-14(23-9-7-8-10-23)11-21-17(19-5)22-13-16-20-12-15(24-16)18(2,3)4;/h12,14H,6-11,13H2,1-5H3,(H2,19,21,22);1H. The average molecular weight is 463 g/mol. The minimum atomic E-state index is -0.0186. The number of oxazole rings is 1. The largest absolute Gasteiger partial charge is 0.443 e. The highest BCUT2D eigenvalue weighted by molar-refractivity contribution is 14.0. The van der Waals surface area contributed by atoms with Crippen molar-refractivity contribution in [3.8, 4) is 0 Å². The summed E-state index contributed by atoms with van der Waals surface area (Å²) in [6.07, 6.45) is 5.61. The summed E-state index contributed by atoms with van der Waals surface area (Å²) in [6.45, 7) is 12.5. The fraction of sp³-hybridized carbons (Fsp3) is 0.778. The Morgan fingerprint density at radius 1 is 1.32 bits per heavy atom. The molecule has 6 nitrogen and oxygen atoms in total. The molecule has 1 aromatic heterocycles. The molecule has 1 saturated heterocycles. The van der Waals surface area contributed by atoms with Crippen LogP contribution < -0.4 is 10.6 Å². The summed E-state index contributed by atoms with van der Waals surface area (Å²) in [7, 11) is 1.79. The van der Waals surface area contributed by atoms with Crippen LogP contribution in [0, 0.1) is 0 Å². The van der Waals surface area contributed by atoms with E-state index in [-0.39, 0.29) is 29.4 Å². The number of rotatable bonds is 6. The van der Waals surface area contributed by atoms with E-state index in [9.17, 15) is 0 Å². The first-order chi connectivity index (χ1) is 11.4. The Hall–Kier alpha value is -0.830. The zero-order valence-corrected chi connectivity index (χ0v) is 18.6. The molecule has 1 aliphatic heterocycles.